The fourth-order valence-electron chi connectivity index (χ4n) is 4.67. The van der Waals surface area contributed by atoms with E-state index in [1.54, 1.807) is 0 Å². The molecule has 0 spiro atoms. The number of halogens is 1. The van der Waals surface area contributed by atoms with Crippen molar-refractivity contribution in [3.63, 3.8) is 0 Å². The van der Waals surface area contributed by atoms with E-state index in [2.05, 4.69) is 20.8 Å². The highest BCUT2D eigenvalue weighted by Crippen LogP contribution is 2.48. The van der Waals surface area contributed by atoms with Gasteiger partial charge in [0.25, 0.3) is 0 Å². The lowest BCUT2D eigenvalue weighted by Gasteiger charge is -2.18. The Morgan fingerprint density at radius 1 is 0.833 bits per heavy atom. The number of aromatic amines is 1. The number of nitrogens with two attached hydrogens (primary N) is 1. The molecule has 0 aliphatic heterocycles. The third-order valence-corrected chi connectivity index (χ3v) is 6.80. The molecule has 5 aromatic rings. The molecule has 1 aliphatic carbocycles. The molecule has 2 amide bonds. The number of hydrogen-bond donors (Lipinski definition) is 4. The van der Waals surface area contributed by atoms with Crippen LogP contribution < -0.4 is 16.4 Å². The van der Waals surface area contributed by atoms with E-state index in [4.69, 9.17) is 5.73 Å². The second-order valence-corrected chi connectivity index (χ2v) is 9.04. The van der Waals surface area contributed by atoms with Gasteiger partial charge in [-0.05, 0) is 65.8 Å². The maximum atomic E-state index is 13.3. The zero-order valence-electron chi connectivity index (χ0n) is 19.1. The zero-order chi connectivity index (χ0) is 24.9. The molecule has 1 heterocycles. The standard InChI is InChI=1S/C28H22FN5O2/c29-16-8-10-17(11-9-16)31-26(35)28(14-15-28)27(36)32-22-13-12-19(18-4-1-2-5-20(18)22)21-6-3-7-23-24(21)25(30)34-33-23/h1-13H,14-15H2,(H,31,35)(H,32,36)(H3,30,33,34). The number of aromatic nitrogens is 2. The van der Waals surface area contributed by atoms with E-state index in [1.165, 1.54) is 24.3 Å². The van der Waals surface area contributed by atoms with Gasteiger partial charge in [0.1, 0.15) is 11.2 Å². The summed E-state index contributed by atoms with van der Waals surface area (Å²) in [7, 11) is 0. The molecule has 1 aromatic heterocycles. The third kappa shape index (κ3) is 3.54. The highest BCUT2D eigenvalue weighted by atomic mass is 19.1. The summed E-state index contributed by atoms with van der Waals surface area (Å²) in [4.78, 5) is 26.3. The molecule has 0 saturated heterocycles. The minimum absolute atomic E-state index is 0.360. The lowest BCUT2D eigenvalue weighted by molar-refractivity contribution is -0.131. The van der Waals surface area contributed by atoms with Gasteiger partial charge in [-0.2, -0.15) is 5.10 Å². The van der Waals surface area contributed by atoms with Crippen molar-refractivity contribution in [3.05, 3.63) is 84.7 Å². The van der Waals surface area contributed by atoms with Crippen LogP contribution in [0.4, 0.5) is 21.6 Å². The average molecular weight is 480 g/mol. The molecule has 0 atom stereocenters. The van der Waals surface area contributed by atoms with Crippen LogP contribution in [0.5, 0.6) is 0 Å². The van der Waals surface area contributed by atoms with Crippen LogP contribution in [0.3, 0.4) is 0 Å². The third-order valence-electron chi connectivity index (χ3n) is 6.80. The van der Waals surface area contributed by atoms with Gasteiger partial charge in [0, 0.05) is 16.8 Å². The van der Waals surface area contributed by atoms with Crippen LogP contribution in [-0.2, 0) is 9.59 Å². The van der Waals surface area contributed by atoms with Gasteiger partial charge in [0.2, 0.25) is 11.8 Å². The SMILES string of the molecule is Nc1n[nH]c2cccc(-c3ccc(NC(=O)C4(C(=O)Nc5ccc(F)cc5)CC4)c4ccccc34)c12. The van der Waals surface area contributed by atoms with Gasteiger partial charge in [-0.25, -0.2) is 4.39 Å². The number of hydrogen-bond acceptors (Lipinski definition) is 4. The number of carbonyl (C=O) groups excluding carboxylic acids is 2. The number of fused-ring (bicyclic) bond motifs is 2. The quantitative estimate of drug-likeness (QED) is 0.251. The number of anilines is 3. The van der Waals surface area contributed by atoms with E-state index in [1.807, 2.05) is 54.6 Å². The van der Waals surface area contributed by atoms with E-state index < -0.39 is 17.1 Å². The van der Waals surface area contributed by atoms with E-state index >= 15 is 0 Å². The number of nitrogen functional groups attached to an aromatic ring is 1. The summed E-state index contributed by atoms with van der Waals surface area (Å²) < 4.78 is 13.2. The topological polar surface area (TPSA) is 113 Å². The summed E-state index contributed by atoms with van der Waals surface area (Å²) in [6, 6.07) is 22.9. The van der Waals surface area contributed by atoms with Crippen molar-refractivity contribution in [1.82, 2.24) is 10.2 Å². The van der Waals surface area contributed by atoms with Gasteiger partial charge < -0.3 is 16.4 Å². The summed E-state index contributed by atoms with van der Waals surface area (Å²) in [5.74, 6) is -0.727. The first-order chi connectivity index (χ1) is 17.5. The zero-order valence-corrected chi connectivity index (χ0v) is 19.1. The first kappa shape index (κ1) is 21.8. The van der Waals surface area contributed by atoms with Crippen molar-refractivity contribution in [2.45, 2.75) is 12.8 Å². The van der Waals surface area contributed by atoms with Crippen LogP contribution in [0.2, 0.25) is 0 Å². The fourth-order valence-corrected chi connectivity index (χ4v) is 4.67. The van der Waals surface area contributed by atoms with Crippen LogP contribution in [0.1, 0.15) is 12.8 Å². The van der Waals surface area contributed by atoms with E-state index in [-0.39, 0.29) is 5.91 Å². The predicted molar refractivity (Wildman–Crippen MR) is 139 cm³/mol. The summed E-state index contributed by atoms with van der Waals surface area (Å²) in [6.07, 6.45) is 0.896. The lowest BCUT2D eigenvalue weighted by Crippen LogP contribution is -2.35. The monoisotopic (exact) mass is 479 g/mol. The molecule has 0 unspecified atom stereocenters. The Morgan fingerprint density at radius 2 is 1.56 bits per heavy atom. The van der Waals surface area contributed by atoms with Crippen LogP contribution in [0.25, 0.3) is 32.8 Å². The molecule has 1 aliphatic rings. The summed E-state index contributed by atoms with van der Waals surface area (Å²) in [5, 5.41) is 15.4. The van der Waals surface area contributed by atoms with Gasteiger partial charge in [0.15, 0.2) is 5.82 Å². The van der Waals surface area contributed by atoms with Gasteiger partial charge in [0.05, 0.1) is 10.9 Å². The van der Waals surface area contributed by atoms with Crippen LogP contribution in [0, 0.1) is 11.2 Å². The molecular formula is C28H22FN5O2. The Morgan fingerprint density at radius 3 is 2.31 bits per heavy atom. The number of nitrogens with zero attached hydrogens (tertiary/aromatic N) is 1. The molecule has 5 N–H and O–H groups in total. The minimum atomic E-state index is -1.15. The summed E-state index contributed by atoms with van der Waals surface area (Å²) in [5.41, 5.74) is 8.79. The van der Waals surface area contributed by atoms with E-state index in [9.17, 15) is 14.0 Å². The van der Waals surface area contributed by atoms with Crippen LogP contribution >= 0.6 is 0 Å². The van der Waals surface area contributed by atoms with Crippen molar-refractivity contribution in [3.8, 4) is 11.1 Å². The van der Waals surface area contributed by atoms with E-state index in [0.717, 1.165) is 32.8 Å². The van der Waals surface area contributed by atoms with E-state index in [0.29, 0.717) is 30.0 Å². The van der Waals surface area contributed by atoms with Gasteiger partial charge >= 0.3 is 0 Å². The number of rotatable bonds is 5. The van der Waals surface area contributed by atoms with Crippen molar-refractivity contribution in [2.75, 3.05) is 16.4 Å². The van der Waals surface area contributed by atoms with Crippen molar-refractivity contribution in [2.24, 2.45) is 5.41 Å². The van der Waals surface area contributed by atoms with Crippen LogP contribution in [-0.4, -0.2) is 22.0 Å². The number of H-pyrrole nitrogens is 1. The number of nitrogens with one attached hydrogen (secondary N) is 3. The number of amides is 2. The van der Waals surface area contributed by atoms with Crippen molar-refractivity contribution >= 4 is 50.7 Å². The molecule has 4 aromatic carbocycles. The highest BCUT2D eigenvalue weighted by Gasteiger charge is 2.56. The van der Waals surface area contributed by atoms with Gasteiger partial charge in [-0.1, -0.05) is 42.5 Å². The molecule has 1 fully saturated rings. The second kappa shape index (κ2) is 8.20. The fraction of sp³-hybridized carbons (Fsp3) is 0.107. The molecule has 6 rings (SSSR count). The molecule has 7 nitrogen and oxygen atoms in total. The van der Waals surface area contributed by atoms with Gasteiger partial charge in [-0.15, -0.1) is 0 Å². The smallest absolute Gasteiger partial charge is 0.240 e. The molecular weight excluding hydrogens is 457 g/mol. The Bertz CT molecular complexity index is 1650. The van der Waals surface area contributed by atoms with Crippen molar-refractivity contribution < 1.29 is 14.0 Å². The molecule has 8 heteroatoms. The molecule has 1 saturated carbocycles. The first-order valence-corrected chi connectivity index (χ1v) is 11.6. The summed E-state index contributed by atoms with van der Waals surface area (Å²) in [6.45, 7) is 0. The van der Waals surface area contributed by atoms with Gasteiger partial charge in [-0.3, -0.25) is 14.7 Å². The summed E-state index contributed by atoms with van der Waals surface area (Å²) >= 11 is 0. The Hall–Kier alpha value is -4.72. The second-order valence-electron chi connectivity index (χ2n) is 9.04. The maximum absolute atomic E-state index is 13.3. The normalized spacial score (nSPS) is 14.0. The Balaban J connectivity index is 1.33. The maximum Gasteiger partial charge on any atom is 0.240 e. The Labute approximate surface area is 205 Å². The first-order valence-electron chi connectivity index (χ1n) is 11.6. The number of benzene rings is 4. The number of carbonyl (C=O) groups is 2. The van der Waals surface area contributed by atoms with Crippen molar-refractivity contribution in [1.29, 1.82) is 0 Å². The predicted octanol–water partition coefficient (Wildman–Crippen LogP) is 5.46. The molecule has 0 bridgehead atoms. The molecule has 36 heavy (non-hydrogen) atoms. The average Bonchev–Trinajstić information content (AvgIpc) is 3.63. The molecule has 0 radical (unpaired) electrons. The highest BCUT2D eigenvalue weighted by molar-refractivity contribution is 6.19. The minimum Gasteiger partial charge on any atom is -0.382 e. The Kier molecular flexibility index (Phi) is 4.96. The molecule has 178 valence electrons. The largest absolute Gasteiger partial charge is 0.382 e. The lowest BCUT2D eigenvalue weighted by atomic mass is 9.94. The van der Waals surface area contributed by atoms with Crippen LogP contribution in [0.15, 0.2) is 78.9 Å².